The number of halogens is 3. The molecule has 21 heavy (non-hydrogen) atoms. The van der Waals surface area contributed by atoms with Crippen molar-refractivity contribution in [2.45, 2.75) is 25.6 Å². The van der Waals surface area contributed by atoms with Gasteiger partial charge in [-0.3, -0.25) is 4.68 Å². The maximum Gasteiger partial charge on any atom is 0.416 e. The second kappa shape index (κ2) is 6.30. The van der Waals surface area contributed by atoms with E-state index in [4.69, 9.17) is 0 Å². The Balaban J connectivity index is 1.92. The lowest BCUT2D eigenvalue weighted by atomic mass is 10.0. The molecule has 2 aromatic rings. The number of aryl methyl sites for hydroxylation is 1. The van der Waals surface area contributed by atoms with Crippen LogP contribution < -0.4 is 5.32 Å². The molecule has 0 aliphatic heterocycles. The molecule has 114 valence electrons. The molecule has 0 saturated heterocycles. The van der Waals surface area contributed by atoms with Crippen LogP contribution in [0.15, 0.2) is 36.7 Å². The molecule has 0 aliphatic rings. The first kappa shape index (κ1) is 15.6. The normalized spacial score (nSPS) is 13.4. The molecule has 0 saturated carbocycles. The van der Waals surface area contributed by atoms with E-state index in [1.807, 2.05) is 20.2 Å². The molecular formula is C15H18F3N3. The van der Waals surface area contributed by atoms with E-state index in [-0.39, 0.29) is 6.04 Å². The zero-order valence-corrected chi connectivity index (χ0v) is 12.0. The average molecular weight is 297 g/mol. The molecular weight excluding hydrogens is 279 g/mol. The number of alkyl halides is 3. The summed E-state index contributed by atoms with van der Waals surface area (Å²) >= 11 is 0. The van der Waals surface area contributed by atoms with Gasteiger partial charge in [0, 0.05) is 19.3 Å². The summed E-state index contributed by atoms with van der Waals surface area (Å²) in [5.74, 6) is 0. The van der Waals surface area contributed by atoms with Crippen LogP contribution in [0.5, 0.6) is 0 Å². The summed E-state index contributed by atoms with van der Waals surface area (Å²) in [7, 11) is 1.85. The molecule has 0 radical (unpaired) electrons. The van der Waals surface area contributed by atoms with E-state index in [0.717, 1.165) is 18.1 Å². The number of aromatic nitrogens is 2. The van der Waals surface area contributed by atoms with Crippen molar-refractivity contribution in [1.82, 2.24) is 15.1 Å². The number of nitrogens with zero attached hydrogens (tertiary/aromatic N) is 2. The summed E-state index contributed by atoms with van der Waals surface area (Å²) in [4.78, 5) is 0. The van der Waals surface area contributed by atoms with Crippen molar-refractivity contribution < 1.29 is 13.2 Å². The minimum absolute atomic E-state index is 0.135. The number of nitrogens with one attached hydrogen (secondary N) is 1. The van der Waals surface area contributed by atoms with Crippen LogP contribution in [0, 0.1) is 0 Å². The van der Waals surface area contributed by atoms with E-state index in [2.05, 4.69) is 10.4 Å². The largest absolute Gasteiger partial charge is 0.416 e. The minimum atomic E-state index is -4.30. The van der Waals surface area contributed by atoms with E-state index in [1.54, 1.807) is 16.9 Å². The fourth-order valence-electron chi connectivity index (χ4n) is 2.14. The van der Waals surface area contributed by atoms with Crippen molar-refractivity contribution >= 4 is 0 Å². The molecule has 1 heterocycles. The van der Waals surface area contributed by atoms with Gasteiger partial charge in [0.2, 0.25) is 0 Å². The van der Waals surface area contributed by atoms with Crippen molar-refractivity contribution in [1.29, 1.82) is 0 Å². The van der Waals surface area contributed by atoms with E-state index in [9.17, 15) is 13.2 Å². The zero-order chi connectivity index (χ0) is 15.5. The van der Waals surface area contributed by atoms with Gasteiger partial charge in [-0.2, -0.15) is 18.3 Å². The van der Waals surface area contributed by atoms with Gasteiger partial charge in [-0.05, 0) is 43.1 Å². The highest BCUT2D eigenvalue weighted by Gasteiger charge is 2.30. The van der Waals surface area contributed by atoms with Gasteiger partial charge in [0.15, 0.2) is 0 Å². The average Bonchev–Trinajstić information content (AvgIpc) is 2.83. The van der Waals surface area contributed by atoms with Gasteiger partial charge in [0.05, 0.1) is 11.8 Å². The number of hydrogen-bond donors (Lipinski definition) is 1. The van der Waals surface area contributed by atoms with Crippen molar-refractivity contribution in [2.24, 2.45) is 7.05 Å². The topological polar surface area (TPSA) is 29.9 Å². The van der Waals surface area contributed by atoms with E-state index < -0.39 is 11.7 Å². The standard InChI is InChI=1S/C15H18F3N3/c1-11(19-7-6-12-9-20-21(2)10-12)13-4-3-5-14(8-13)15(16,17)18/h3-5,8-11,19H,6-7H2,1-2H3/t11-/m1/s1. The number of benzene rings is 1. The van der Waals surface area contributed by atoms with Gasteiger partial charge in [0.1, 0.15) is 0 Å². The molecule has 0 spiro atoms. The van der Waals surface area contributed by atoms with E-state index >= 15 is 0 Å². The van der Waals surface area contributed by atoms with Crippen molar-refractivity contribution in [3.05, 3.63) is 53.3 Å². The summed E-state index contributed by atoms with van der Waals surface area (Å²) in [6.07, 6.45) is 0.204. The molecule has 3 nitrogen and oxygen atoms in total. The SMILES string of the molecule is C[C@@H](NCCc1cnn(C)c1)c1cccc(C(F)(F)F)c1. The summed E-state index contributed by atoms with van der Waals surface area (Å²) < 4.78 is 39.8. The zero-order valence-electron chi connectivity index (χ0n) is 12.0. The Labute approximate surface area is 121 Å². The molecule has 1 aromatic heterocycles. The highest BCUT2D eigenvalue weighted by Crippen LogP contribution is 2.30. The van der Waals surface area contributed by atoms with Gasteiger partial charge in [0.25, 0.3) is 0 Å². The maximum atomic E-state index is 12.7. The highest BCUT2D eigenvalue weighted by molar-refractivity contribution is 5.27. The first-order valence-electron chi connectivity index (χ1n) is 6.74. The number of rotatable bonds is 5. The summed E-state index contributed by atoms with van der Waals surface area (Å²) in [5, 5.41) is 7.31. The Kier molecular flexibility index (Phi) is 4.67. The Morgan fingerprint density at radius 1 is 1.33 bits per heavy atom. The van der Waals surface area contributed by atoms with Crippen LogP contribution in [0.1, 0.15) is 29.7 Å². The fourth-order valence-corrected chi connectivity index (χ4v) is 2.14. The van der Waals surface area contributed by atoms with Crippen molar-refractivity contribution in [2.75, 3.05) is 6.54 Å². The van der Waals surface area contributed by atoms with Crippen LogP contribution in [0.25, 0.3) is 0 Å². The van der Waals surface area contributed by atoms with Crippen LogP contribution >= 0.6 is 0 Å². The number of hydrogen-bond acceptors (Lipinski definition) is 2. The van der Waals surface area contributed by atoms with Crippen LogP contribution in [-0.2, 0) is 19.6 Å². The smallest absolute Gasteiger partial charge is 0.310 e. The summed E-state index contributed by atoms with van der Waals surface area (Å²) in [6.45, 7) is 2.54. The molecule has 1 N–H and O–H groups in total. The summed E-state index contributed by atoms with van der Waals surface area (Å²) in [6, 6.07) is 5.30. The lowest BCUT2D eigenvalue weighted by Gasteiger charge is -2.16. The molecule has 0 fully saturated rings. The maximum absolute atomic E-state index is 12.7. The molecule has 0 unspecified atom stereocenters. The van der Waals surface area contributed by atoms with Gasteiger partial charge in [-0.1, -0.05) is 12.1 Å². The minimum Gasteiger partial charge on any atom is -0.310 e. The monoisotopic (exact) mass is 297 g/mol. The van der Waals surface area contributed by atoms with Crippen LogP contribution in [0.4, 0.5) is 13.2 Å². The third-order valence-corrected chi connectivity index (χ3v) is 3.34. The van der Waals surface area contributed by atoms with Crippen LogP contribution in [0.3, 0.4) is 0 Å². The molecule has 0 aliphatic carbocycles. The highest BCUT2D eigenvalue weighted by atomic mass is 19.4. The Morgan fingerprint density at radius 2 is 2.10 bits per heavy atom. The second-order valence-electron chi connectivity index (χ2n) is 5.07. The van der Waals surface area contributed by atoms with Gasteiger partial charge in [-0.25, -0.2) is 0 Å². The predicted octanol–water partition coefficient (Wildman–Crippen LogP) is 3.33. The molecule has 0 amide bonds. The molecule has 6 heteroatoms. The Morgan fingerprint density at radius 3 is 2.71 bits per heavy atom. The van der Waals surface area contributed by atoms with Crippen LogP contribution in [0.2, 0.25) is 0 Å². The van der Waals surface area contributed by atoms with E-state index in [0.29, 0.717) is 12.1 Å². The van der Waals surface area contributed by atoms with Gasteiger partial charge in [-0.15, -0.1) is 0 Å². The molecule has 1 atom stereocenters. The first-order chi connectivity index (χ1) is 9.86. The Hall–Kier alpha value is -1.82. The fraction of sp³-hybridized carbons (Fsp3) is 0.400. The van der Waals surface area contributed by atoms with Crippen molar-refractivity contribution in [3.63, 3.8) is 0 Å². The van der Waals surface area contributed by atoms with Gasteiger partial charge >= 0.3 is 6.18 Å². The van der Waals surface area contributed by atoms with Crippen molar-refractivity contribution in [3.8, 4) is 0 Å². The third kappa shape index (κ3) is 4.32. The van der Waals surface area contributed by atoms with Gasteiger partial charge < -0.3 is 5.32 Å². The molecule has 0 bridgehead atoms. The lowest BCUT2D eigenvalue weighted by Crippen LogP contribution is -2.21. The molecule has 2 rings (SSSR count). The Bertz CT molecular complexity index is 590. The third-order valence-electron chi connectivity index (χ3n) is 3.34. The quantitative estimate of drug-likeness (QED) is 0.917. The lowest BCUT2D eigenvalue weighted by molar-refractivity contribution is -0.137. The van der Waals surface area contributed by atoms with Crippen LogP contribution in [-0.4, -0.2) is 16.3 Å². The molecule has 1 aromatic carbocycles. The predicted molar refractivity (Wildman–Crippen MR) is 74.8 cm³/mol. The second-order valence-corrected chi connectivity index (χ2v) is 5.07. The summed E-state index contributed by atoms with van der Waals surface area (Å²) in [5.41, 5.74) is 1.12. The first-order valence-corrected chi connectivity index (χ1v) is 6.74. The van der Waals surface area contributed by atoms with E-state index in [1.165, 1.54) is 12.1 Å².